The Labute approximate surface area is 88.7 Å². The van der Waals surface area contributed by atoms with Crippen molar-refractivity contribution < 1.29 is 9.59 Å². The number of hydrogen-bond donors (Lipinski definition) is 1. The lowest BCUT2D eigenvalue weighted by atomic mass is 10.2. The molecule has 0 aliphatic rings. The van der Waals surface area contributed by atoms with E-state index in [-0.39, 0.29) is 18.1 Å². The lowest BCUT2D eigenvalue weighted by Crippen LogP contribution is -2.27. The van der Waals surface area contributed by atoms with Gasteiger partial charge in [0.25, 0.3) is 0 Å². The summed E-state index contributed by atoms with van der Waals surface area (Å²) in [6.07, 6.45) is 4.17. The molecule has 15 heavy (non-hydrogen) atoms. The highest BCUT2D eigenvalue weighted by Gasteiger charge is 2.03. The van der Waals surface area contributed by atoms with Crippen LogP contribution in [0.15, 0.2) is 24.5 Å². The molecule has 0 saturated carbocycles. The van der Waals surface area contributed by atoms with Crippen LogP contribution in [0.2, 0.25) is 0 Å². The molecule has 0 aliphatic carbocycles. The molecule has 1 N–H and O–H groups in total. The van der Waals surface area contributed by atoms with E-state index in [0.29, 0.717) is 6.54 Å². The van der Waals surface area contributed by atoms with E-state index in [0.717, 1.165) is 12.0 Å². The van der Waals surface area contributed by atoms with Crippen molar-refractivity contribution in [1.82, 2.24) is 10.3 Å². The van der Waals surface area contributed by atoms with Gasteiger partial charge in [-0.3, -0.25) is 14.6 Å². The summed E-state index contributed by atoms with van der Waals surface area (Å²) in [5.74, 6) is -0.333. The lowest BCUT2D eigenvalue weighted by molar-refractivity contribution is -0.127. The Morgan fingerprint density at radius 2 is 2.27 bits per heavy atom. The minimum Gasteiger partial charge on any atom is -0.355 e. The van der Waals surface area contributed by atoms with Crippen molar-refractivity contribution in [3.63, 3.8) is 0 Å². The largest absolute Gasteiger partial charge is 0.355 e. The number of carbonyl (C=O) groups is 2. The molecule has 0 saturated heterocycles. The first-order chi connectivity index (χ1) is 7.18. The number of pyridine rings is 1. The molecule has 4 nitrogen and oxygen atoms in total. The molecule has 1 rings (SSSR count). The van der Waals surface area contributed by atoms with E-state index < -0.39 is 0 Å². The van der Waals surface area contributed by atoms with Crippen molar-refractivity contribution >= 4 is 11.7 Å². The smallest absolute Gasteiger partial charge is 0.227 e. The van der Waals surface area contributed by atoms with Gasteiger partial charge < -0.3 is 5.32 Å². The molecule has 1 heterocycles. The fourth-order valence-electron chi connectivity index (χ4n) is 1.18. The highest BCUT2D eigenvalue weighted by Crippen LogP contribution is 1.95. The summed E-state index contributed by atoms with van der Waals surface area (Å²) in [6, 6.07) is 3.80. The monoisotopic (exact) mass is 206 g/mol. The molecule has 80 valence electrons. The minimum absolute atomic E-state index is 0.0347. The first-order valence-corrected chi connectivity index (χ1v) is 4.83. The fraction of sp³-hybridized carbons (Fsp3) is 0.364. The third kappa shape index (κ3) is 4.90. The third-order valence-electron chi connectivity index (χ3n) is 1.87. The van der Waals surface area contributed by atoms with Crippen LogP contribution in [-0.4, -0.2) is 23.2 Å². The van der Waals surface area contributed by atoms with E-state index >= 15 is 0 Å². The van der Waals surface area contributed by atoms with Crippen molar-refractivity contribution in [3.05, 3.63) is 30.1 Å². The first kappa shape index (κ1) is 11.4. The number of nitrogens with zero attached hydrogens (tertiary/aromatic N) is 1. The number of amides is 1. The van der Waals surface area contributed by atoms with E-state index in [4.69, 9.17) is 0 Å². The van der Waals surface area contributed by atoms with Crippen LogP contribution in [0.3, 0.4) is 0 Å². The van der Waals surface area contributed by atoms with Gasteiger partial charge in [0.2, 0.25) is 5.91 Å². The van der Waals surface area contributed by atoms with Gasteiger partial charge in [-0.1, -0.05) is 6.07 Å². The quantitative estimate of drug-likeness (QED) is 0.722. The van der Waals surface area contributed by atoms with Crippen LogP contribution in [-0.2, 0) is 16.0 Å². The zero-order chi connectivity index (χ0) is 11.1. The number of aromatic nitrogens is 1. The Kier molecular flexibility index (Phi) is 4.47. The molecule has 0 radical (unpaired) electrons. The van der Waals surface area contributed by atoms with Crippen molar-refractivity contribution in [2.75, 3.05) is 6.54 Å². The van der Waals surface area contributed by atoms with Crippen LogP contribution < -0.4 is 5.32 Å². The average Bonchev–Trinajstić information content (AvgIpc) is 2.18. The van der Waals surface area contributed by atoms with Gasteiger partial charge in [0, 0.05) is 18.9 Å². The highest BCUT2D eigenvalue weighted by molar-refractivity contribution is 5.96. The van der Waals surface area contributed by atoms with Gasteiger partial charge in [0.15, 0.2) is 0 Å². The summed E-state index contributed by atoms with van der Waals surface area (Å²) in [6.45, 7) is 1.94. The normalized spacial score (nSPS) is 9.67. The van der Waals surface area contributed by atoms with E-state index in [1.165, 1.54) is 6.92 Å². The average molecular weight is 206 g/mol. The van der Waals surface area contributed by atoms with Crippen LogP contribution in [0, 0.1) is 0 Å². The molecule has 1 aromatic rings. The van der Waals surface area contributed by atoms with Crippen LogP contribution in [0.1, 0.15) is 18.9 Å². The zero-order valence-corrected chi connectivity index (χ0v) is 8.69. The summed E-state index contributed by atoms with van der Waals surface area (Å²) >= 11 is 0. The molecule has 4 heteroatoms. The molecule has 0 spiro atoms. The molecule has 0 unspecified atom stereocenters. The lowest BCUT2D eigenvalue weighted by Gasteiger charge is -2.03. The molecular weight excluding hydrogens is 192 g/mol. The Bertz CT molecular complexity index is 336. The second-order valence-electron chi connectivity index (χ2n) is 3.34. The number of Topliss-reactive ketones (excluding diaryl/α,β-unsaturated/α-hetero) is 1. The molecular formula is C11H14N2O2. The van der Waals surface area contributed by atoms with Gasteiger partial charge in [0.05, 0.1) is 6.42 Å². The highest BCUT2D eigenvalue weighted by atomic mass is 16.2. The predicted octanol–water partition coefficient (Wildman–Crippen LogP) is 0.719. The number of ketones is 1. The van der Waals surface area contributed by atoms with E-state index in [1.807, 2.05) is 12.1 Å². The summed E-state index contributed by atoms with van der Waals surface area (Å²) in [5, 5.41) is 2.67. The summed E-state index contributed by atoms with van der Waals surface area (Å²) in [4.78, 5) is 25.7. The summed E-state index contributed by atoms with van der Waals surface area (Å²) < 4.78 is 0. The van der Waals surface area contributed by atoms with Crippen LogP contribution in [0.25, 0.3) is 0 Å². The number of hydrogen-bond acceptors (Lipinski definition) is 3. The number of carbonyl (C=O) groups excluding carboxylic acids is 2. The summed E-state index contributed by atoms with van der Waals surface area (Å²) in [7, 11) is 0. The van der Waals surface area contributed by atoms with Crippen LogP contribution in [0.5, 0.6) is 0 Å². The maximum absolute atomic E-state index is 11.1. The zero-order valence-electron chi connectivity index (χ0n) is 8.69. The fourth-order valence-corrected chi connectivity index (χ4v) is 1.18. The van der Waals surface area contributed by atoms with Crippen LogP contribution in [0.4, 0.5) is 0 Å². The van der Waals surface area contributed by atoms with Crippen LogP contribution >= 0.6 is 0 Å². The van der Waals surface area contributed by atoms with Gasteiger partial charge in [-0.15, -0.1) is 0 Å². The predicted molar refractivity (Wildman–Crippen MR) is 56.2 cm³/mol. The molecule has 1 amide bonds. The number of rotatable bonds is 5. The molecule has 1 aromatic heterocycles. The van der Waals surface area contributed by atoms with Gasteiger partial charge in [-0.05, 0) is 25.0 Å². The molecule has 0 aromatic carbocycles. The Morgan fingerprint density at radius 3 is 2.87 bits per heavy atom. The Hall–Kier alpha value is -1.71. The molecule has 0 fully saturated rings. The van der Waals surface area contributed by atoms with E-state index in [1.54, 1.807) is 12.4 Å². The van der Waals surface area contributed by atoms with E-state index in [9.17, 15) is 9.59 Å². The van der Waals surface area contributed by atoms with Gasteiger partial charge in [0.1, 0.15) is 5.78 Å². The standard InChI is InChI=1S/C11H14N2O2/c1-9(14)7-11(15)13-6-4-10-3-2-5-12-8-10/h2-3,5,8H,4,6-7H2,1H3,(H,13,15). The SMILES string of the molecule is CC(=O)CC(=O)NCCc1cccnc1. The summed E-state index contributed by atoms with van der Waals surface area (Å²) in [5.41, 5.74) is 1.07. The molecule has 0 aliphatic heterocycles. The van der Waals surface area contributed by atoms with Crippen molar-refractivity contribution in [1.29, 1.82) is 0 Å². The molecule has 0 bridgehead atoms. The maximum Gasteiger partial charge on any atom is 0.227 e. The third-order valence-corrected chi connectivity index (χ3v) is 1.87. The minimum atomic E-state index is -0.216. The molecule has 0 atom stereocenters. The Balaban J connectivity index is 2.22. The van der Waals surface area contributed by atoms with E-state index in [2.05, 4.69) is 10.3 Å². The van der Waals surface area contributed by atoms with Crippen molar-refractivity contribution in [2.45, 2.75) is 19.8 Å². The first-order valence-electron chi connectivity index (χ1n) is 4.83. The second-order valence-corrected chi connectivity index (χ2v) is 3.34. The van der Waals surface area contributed by atoms with Gasteiger partial charge >= 0.3 is 0 Å². The van der Waals surface area contributed by atoms with Crippen molar-refractivity contribution in [3.8, 4) is 0 Å². The topological polar surface area (TPSA) is 59.1 Å². The number of nitrogens with one attached hydrogen (secondary N) is 1. The Morgan fingerprint density at radius 1 is 1.47 bits per heavy atom. The van der Waals surface area contributed by atoms with Crippen molar-refractivity contribution in [2.24, 2.45) is 0 Å². The van der Waals surface area contributed by atoms with Gasteiger partial charge in [-0.2, -0.15) is 0 Å². The second kappa shape index (κ2) is 5.90. The maximum atomic E-state index is 11.1. The van der Waals surface area contributed by atoms with Gasteiger partial charge in [-0.25, -0.2) is 0 Å².